The third-order valence-corrected chi connectivity index (χ3v) is 1.92. The summed E-state index contributed by atoms with van der Waals surface area (Å²) in [7, 11) is 0. The van der Waals surface area contributed by atoms with Crippen molar-refractivity contribution < 1.29 is 22.4 Å². The highest BCUT2D eigenvalue weighted by Crippen LogP contribution is 2.32. The molecule has 0 aliphatic heterocycles. The van der Waals surface area contributed by atoms with Crippen molar-refractivity contribution in [3.8, 4) is 0 Å². The fourth-order valence-electron chi connectivity index (χ4n) is 1.24. The van der Waals surface area contributed by atoms with Gasteiger partial charge >= 0.3 is 6.18 Å². The summed E-state index contributed by atoms with van der Waals surface area (Å²) in [6.07, 6.45) is -3.75. The molecule has 1 aromatic rings. The minimum atomic E-state index is -4.67. The molecule has 0 fully saturated rings. The van der Waals surface area contributed by atoms with Crippen molar-refractivity contribution in [1.82, 2.24) is 0 Å². The zero-order valence-electron chi connectivity index (χ0n) is 8.14. The first-order chi connectivity index (χ1) is 7.36. The molecule has 0 aromatic heterocycles. The second-order valence-electron chi connectivity index (χ2n) is 3.10. The van der Waals surface area contributed by atoms with Crippen molar-refractivity contribution in [2.24, 2.45) is 0 Å². The van der Waals surface area contributed by atoms with Gasteiger partial charge < -0.3 is 0 Å². The van der Waals surface area contributed by atoms with Gasteiger partial charge in [0.25, 0.3) is 0 Å². The molecule has 86 valence electrons. The quantitative estimate of drug-likeness (QED) is 0.442. The molecule has 0 heterocycles. The Morgan fingerprint density at radius 1 is 1.38 bits per heavy atom. The van der Waals surface area contributed by atoms with Gasteiger partial charge in [0.2, 0.25) is 0 Å². The standard InChI is InChI=1S/C11H8F4O/c1-2-3-10(16)8-6-7(12)4-5-9(8)11(13,14)15/h2,4-6H,1,3H2. The molecule has 1 aromatic carbocycles. The molecule has 0 radical (unpaired) electrons. The third kappa shape index (κ3) is 2.68. The van der Waals surface area contributed by atoms with Gasteiger partial charge in [-0.25, -0.2) is 4.39 Å². The molecule has 0 saturated carbocycles. The van der Waals surface area contributed by atoms with E-state index >= 15 is 0 Å². The number of halogens is 4. The highest BCUT2D eigenvalue weighted by molar-refractivity contribution is 5.98. The molecule has 5 heteroatoms. The average Bonchev–Trinajstić information content (AvgIpc) is 2.16. The van der Waals surface area contributed by atoms with Gasteiger partial charge in [0.1, 0.15) is 5.82 Å². The molecule has 1 nitrogen and oxygen atoms in total. The van der Waals surface area contributed by atoms with E-state index in [1.165, 1.54) is 6.08 Å². The summed E-state index contributed by atoms with van der Waals surface area (Å²) < 4.78 is 50.2. The van der Waals surface area contributed by atoms with Crippen LogP contribution in [-0.4, -0.2) is 5.78 Å². The van der Waals surface area contributed by atoms with Crippen LogP contribution in [0.4, 0.5) is 17.6 Å². The number of hydrogen-bond acceptors (Lipinski definition) is 1. The van der Waals surface area contributed by atoms with E-state index in [0.29, 0.717) is 18.2 Å². The van der Waals surface area contributed by atoms with Crippen LogP contribution in [0.25, 0.3) is 0 Å². The van der Waals surface area contributed by atoms with Crippen LogP contribution in [0.5, 0.6) is 0 Å². The molecule has 1 rings (SSSR count). The lowest BCUT2D eigenvalue weighted by Crippen LogP contribution is -2.13. The summed E-state index contributed by atoms with van der Waals surface area (Å²) >= 11 is 0. The Balaban J connectivity index is 3.29. The van der Waals surface area contributed by atoms with Gasteiger partial charge in [-0.2, -0.15) is 13.2 Å². The lowest BCUT2D eigenvalue weighted by Gasteiger charge is -2.11. The van der Waals surface area contributed by atoms with Crippen LogP contribution in [0.3, 0.4) is 0 Å². The fraction of sp³-hybridized carbons (Fsp3) is 0.182. The van der Waals surface area contributed by atoms with E-state index in [-0.39, 0.29) is 6.42 Å². The Kier molecular flexibility index (Phi) is 3.47. The average molecular weight is 232 g/mol. The molecule has 0 N–H and O–H groups in total. The van der Waals surface area contributed by atoms with Crippen molar-refractivity contribution in [1.29, 1.82) is 0 Å². The Morgan fingerprint density at radius 3 is 2.50 bits per heavy atom. The predicted molar refractivity (Wildman–Crippen MR) is 50.5 cm³/mol. The number of carbonyl (C=O) groups excluding carboxylic acids is 1. The van der Waals surface area contributed by atoms with Gasteiger partial charge in [-0.3, -0.25) is 4.79 Å². The van der Waals surface area contributed by atoms with E-state index in [9.17, 15) is 22.4 Å². The summed E-state index contributed by atoms with van der Waals surface area (Å²) in [5.74, 6) is -1.68. The molecule has 0 saturated heterocycles. The first-order valence-electron chi connectivity index (χ1n) is 4.37. The van der Waals surface area contributed by atoms with Crippen molar-refractivity contribution in [3.05, 3.63) is 47.8 Å². The molecule has 16 heavy (non-hydrogen) atoms. The summed E-state index contributed by atoms with van der Waals surface area (Å²) in [4.78, 5) is 11.3. The number of benzene rings is 1. The van der Waals surface area contributed by atoms with E-state index in [1.54, 1.807) is 0 Å². The summed E-state index contributed by atoms with van der Waals surface area (Å²) in [6, 6.07) is 1.83. The highest BCUT2D eigenvalue weighted by Gasteiger charge is 2.34. The highest BCUT2D eigenvalue weighted by atomic mass is 19.4. The molecular formula is C11H8F4O. The monoisotopic (exact) mass is 232 g/mol. The van der Waals surface area contributed by atoms with Crippen LogP contribution in [0.1, 0.15) is 22.3 Å². The van der Waals surface area contributed by atoms with Gasteiger partial charge in [0.15, 0.2) is 5.78 Å². The lowest BCUT2D eigenvalue weighted by molar-refractivity contribution is -0.137. The van der Waals surface area contributed by atoms with Crippen molar-refractivity contribution in [3.63, 3.8) is 0 Å². The molecule has 0 aliphatic rings. The predicted octanol–water partition coefficient (Wildman–Crippen LogP) is 3.60. The lowest BCUT2D eigenvalue weighted by atomic mass is 10.0. The van der Waals surface area contributed by atoms with E-state index in [4.69, 9.17) is 0 Å². The number of allylic oxidation sites excluding steroid dienone is 1. The maximum atomic E-state index is 12.8. The van der Waals surface area contributed by atoms with Crippen LogP contribution in [0.2, 0.25) is 0 Å². The van der Waals surface area contributed by atoms with E-state index in [1.807, 2.05) is 0 Å². The topological polar surface area (TPSA) is 17.1 Å². The number of rotatable bonds is 3. The number of carbonyl (C=O) groups is 1. The van der Waals surface area contributed by atoms with E-state index in [0.717, 1.165) is 0 Å². The Labute approximate surface area is 89.4 Å². The van der Waals surface area contributed by atoms with Crippen LogP contribution < -0.4 is 0 Å². The van der Waals surface area contributed by atoms with E-state index in [2.05, 4.69) is 6.58 Å². The summed E-state index contributed by atoms with van der Waals surface area (Å²) in [5.41, 5.74) is -1.78. The SMILES string of the molecule is C=CCC(=O)c1cc(F)ccc1C(F)(F)F. The second kappa shape index (κ2) is 4.47. The number of alkyl halides is 3. The van der Waals surface area contributed by atoms with Gasteiger partial charge in [0, 0.05) is 12.0 Å². The van der Waals surface area contributed by atoms with Crippen molar-refractivity contribution in [2.75, 3.05) is 0 Å². The maximum absolute atomic E-state index is 12.8. The van der Waals surface area contributed by atoms with Crippen molar-refractivity contribution in [2.45, 2.75) is 12.6 Å². The van der Waals surface area contributed by atoms with Crippen LogP contribution in [-0.2, 0) is 6.18 Å². The molecule has 0 unspecified atom stereocenters. The first kappa shape index (κ1) is 12.4. The molecule has 0 bridgehead atoms. The van der Waals surface area contributed by atoms with E-state index < -0.39 is 28.9 Å². The third-order valence-electron chi connectivity index (χ3n) is 1.92. The summed E-state index contributed by atoms with van der Waals surface area (Å²) in [5, 5.41) is 0. The maximum Gasteiger partial charge on any atom is 0.417 e. The Morgan fingerprint density at radius 2 is 2.00 bits per heavy atom. The van der Waals surface area contributed by atoms with Crippen LogP contribution in [0.15, 0.2) is 30.9 Å². The minimum absolute atomic E-state index is 0.257. The normalized spacial score (nSPS) is 11.2. The van der Waals surface area contributed by atoms with Crippen LogP contribution >= 0.6 is 0 Å². The minimum Gasteiger partial charge on any atom is -0.294 e. The molecular weight excluding hydrogens is 224 g/mol. The molecule has 0 spiro atoms. The fourth-order valence-corrected chi connectivity index (χ4v) is 1.24. The smallest absolute Gasteiger partial charge is 0.294 e. The van der Waals surface area contributed by atoms with Gasteiger partial charge in [-0.05, 0) is 18.2 Å². The number of hydrogen-bond donors (Lipinski definition) is 0. The largest absolute Gasteiger partial charge is 0.417 e. The molecule has 0 atom stereocenters. The zero-order chi connectivity index (χ0) is 12.3. The number of ketones is 1. The first-order valence-corrected chi connectivity index (χ1v) is 4.37. The number of Topliss-reactive ketones (excluding diaryl/α,β-unsaturated/α-hetero) is 1. The van der Waals surface area contributed by atoms with Gasteiger partial charge in [-0.1, -0.05) is 6.08 Å². The Bertz CT molecular complexity index is 420. The van der Waals surface area contributed by atoms with Gasteiger partial charge in [-0.15, -0.1) is 6.58 Å². The molecule has 0 amide bonds. The summed E-state index contributed by atoms with van der Waals surface area (Å²) in [6.45, 7) is 3.24. The second-order valence-corrected chi connectivity index (χ2v) is 3.10. The molecule has 0 aliphatic carbocycles. The Hall–Kier alpha value is -1.65. The van der Waals surface area contributed by atoms with Gasteiger partial charge in [0.05, 0.1) is 5.56 Å². The van der Waals surface area contributed by atoms with Crippen LogP contribution in [0, 0.1) is 5.82 Å². The zero-order valence-corrected chi connectivity index (χ0v) is 8.14. The van der Waals surface area contributed by atoms with Crippen molar-refractivity contribution >= 4 is 5.78 Å².